The number of rotatable bonds is 5. The zero-order valence-electron chi connectivity index (χ0n) is 9.46. The number of amides is 2. The van der Waals surface area contributed by atoms with E-state index in [0.717, 1.165) is 0 Å². The maximum Gasteiger partial charge on any atom is 0.323 e. The smallest absolute Gasteiger partial charge is 0.323 e. The third kappa shape index (κ3) is 4.92. The fourth-order valence-electron chi connectivity index (χ4n) is 1.12. The molecule has 17 heavy (non-hydrogen) atoms. The monoisotopic (exact) mass is 238 g/mol. The lowest BCUT2D eigenvalue weighted by atomic mass is 10.3. The van der Waals surface area contributed by atoms with Gasteiger partial charge in [-0.25, -0.2) is 14.8 Å². The number of anilines is 1. The molecule has 2 N–H and O–H groups in total. The van der Waals surface area contributed by atoms with Crippen LogP contribution >= 0.6 is 0 Å². The van der Waals surface area contributed by atoms with Crippen molar-refractivity contribution in [2.75, 3.05) is 18.9 Å². The van der Waals surface area contributed by atoms with Gasteiger partial charge in [-0.2, -0.15) is 0 Å². The van der Waals surface area contributed by atoms with Crippen molar-refractivity contribution in [2.24, 2.45) is 0 Å². The number of aliphatic carboxylic acids is 1. The van der Waals surface area contributed by atoms with Crippen molar-refractivity contribution in [1.82, 2.24) is 14.9 Å². The molecule has 92 valence electrons. The van der Waals surface area contributed by atoms with Gasteiger partial charge in [0.1, 0.15) is 0 Å². The highest BCUT2D eigenvalue weighted by molar-refractivity contribution is 5.87. The summed E-state index contributed by atoms with van der Waals surface area (Å²) in [6.45, 7) is 0.366. The van der Waals surface area contributed by atoms with Gasteiger partial charge in [0.15, 0.2) is 0 Å². The number of carbonyl (C=O) groups is 2. The number of aromatic nitrogens is 2. The van der Waals surface area contributed by atoms with Gasteiger partial charge in [-0.05, 0) is 12.5 Å². The Kier molecular flexibility index (Phi) is 4.86. The largest absolute Gasteiger partial charge is 0.481 e. The Balaban J connectivity index is 2.34. The summed E-state index contributed by atoms with van der Waals surface area (Å²) in [5.74, 6) is -0.646. The third-order valence-corrected chi connectivity index (χ3v) is 2.02. The third-order valence-electron chi connectivity index (χ3n) is 2.02. The van der Waals surface area contributed by atoms with E-state index >= 15 is 0 Å². The molecule has 0 aliphatic heterocycles. The lowest BCUT2D eigenvalue weighted by molar-refractivity contribution is -0.137. The summed E-state index contributed by atoms with van der Waals surface area (Å²) in [4.78, 5) is 31.0. The molecule has 1 heterocycles. The minimum Gasteiger partial charge on any atom is -0.481 e. The van der Waals surface area contributed by atoms with Gasteiger partial charge in [0.2, 0.25) is 5.95 Å². The van der Waals surface area contributed by atoms with E-state index in [-0.39, 0.29) is 18.4 Å². The van der Waals surface area contributed by atoms with Crippen LogP contribution in [0.1, 0.15) is 12.8 Å². The molecule has 0 aliphatic rings. The van der Waals surface area contributed by atoms with Gasteiger partial charge in [0, 0.05) is 32.4 Å². The molecule has 0 saturated heterocycles. The summed E-state index contributed by atoms with van der Waals surface area (Å²) in [6, 6.07) is 1.29. The topological polar surface area (TPSA) is 95.4 Å². The molecule has 7 heteroatoms. The predicted molar refractivity (Wildman–Crippen MR) is 60.6 cm³/mol. The number of nitrogens with zero attached hydrogens (tertiary/aromatic N) is 3. The second-order valence-corrected chi connectivity index (χ2v) is 3.42. The maximum atomic E-state index is 11.6. The molecule has 1 aromatic rings. The molecule has 0 spiro atoms. The summed E-state index contributed by atoms with van der Waals surface area (Å²) >= 11 is 0. The molecule has 0 aliphatic carbocycles. The molecule has 0 radical (unpaired) electrons. The van der Waals surface area contributed by atoms with Crippen LogP contribution in [-0.2, 0) is 4.79 Å². The van der Waals surface area contributed by atoms with E-state index in [0.29, 0.717) is 13.0 Å². The number of carboxylic acids is 1. The molecule has 0 atom stereocenters. The fraction of sp³-hybridized carbons (Fsp3) is 0.400. The van der Waals surface area contributed by atoms with Gasteiger partial charge in [-0.15, -0.1) is 0 Å². The first-order valence-corrected chi connectivity index (χ1v) is 5.10. The zero-order chi connectivity index (χ0) is 12.7. The second-order valence-electron chi connectivity index (χ2n) is 3.42. The minimum atomic E-state index is -0.870. The van der Waals surface area contributed by atoms with Gasteiger partial charge in [-0.1, -0.05) is 0 Å². The van der Waals surface area contributed by atoms with Crippen molar-refractivity contribution < 1.29 is 14.7 Å². The standard InChI is InChI=1S/C10H14N4O3/c1-14(7-2-4-8(15)16)10(17)13-9-11-5-3-6-12-9/h3,5-6H,2,4,7H2,1H3,(H,15,16)(H,11,12,13,17). The van der Waals surface area contributed by atoms with Crippen molar-refractivity contribution in [3.05, 3.63) is 18.5 Å². The first-order chi connectivity index (χ1) is 8.09. The second kappa shape index (κ2) is 6.41. The van der Waals surface area contributed by atoms with E-state index in [9.17, 15) is 9.59 Å². The number of hydrogen-bond donors (Lipinski definition) is 2. The molecule has 0 bridgehead atoms. The average Bonchev–Trinajstić information content (AvgIpc) is 2.29. The molecule has 0 aromatic carbocycles. The molecule has 0 unspecified atom stereocenters. The number of hydrogen-bond acceptors (Lipinski definition) is 4. The first kappa shape index (κ1) is 12.9. The van der Waals surface area contributed by atoms with Crippen molar-refractivity contribution >= 4 is 17.9 Å². The van der Waals surface area contributed by atoms with Crippen LogP contribution in [0.4, 0.5) is 10.7 Å². The quantitative estimate of drug-likeness (QED) is 0.791. The van der Waals surface area contributed by atoms with Crippen LogP contribution in [0, 0.1) is 0 Å². The molecule has 7 nitrogen and oxygen atoms in total. The van der Waals surface area contributed by atoms with Crippen molar-refractivity contribution in [2.45, 2.75) is 12.8 Å². The van der Waals surface area contributed by atoms with E-state index in [4.69, 9.17) is 5.11 Å². The van der Waals surface area contributed by atoms with Crippen molar-refractivity contribution in [1.29, 1.82) is 0 Å². The summed E-state index contributed by atoms with van der Waals surface area (Å²) in [5, 5.41) is 11.0. The van der Waals surface area contributed by atoms with Gasteiger partial charge in [0.25, 0.3) is 0 Å². The highest BCUT2D eigenvalue weighted by atomic mass is 16.4. The van der Waals surface area contributed by atoms with Gasteiger partial charge in [0.05, 0.1) is 0 Å². The van der Waals surface area contributed by atoms with E-state index in [1.807, 2.05) is 0 Å². The Bertz CT molecular complexity index is 382. The number of nitrogens with one attached hydrogen (secondary N) is 1. The lowest BCUT2D eigenvalue weighted by Gasteiger charge is -2.16. The minimum absolute atomic E-state index is 0.0411. The molecular weight excluding hydrogens is 224 g/mol. The van der Waals surface area contributed by atoms with Crippen LogP contribution in [0.5, 0.6) is 0 Å². The SMILES string of the molecule is CN(CCCC(=O)O)C(=O)Nc1ncccn1. The van der Waals surface area contributed by atoms with Crippen LogP contribution in [0.3, 0.4) is 0 Å². The Morgan fingerprint density at radius 3 is 2.65 bits per heavy atom. The lowest BCUT2D eigenvalue weighted by Crippen LogP contribution is -2.32. The average molecular weight is 238 g/mol. The van der Waals surface area contributed by atoms with Crippen LogP contribution in [-0.4, -0.2) is 45.6 Å². The Morgan fingerprint density at radius 1 is 1.41 bits per heavy atom. The highest BCUT2D eigenvalue weighted by Crippen LogP contribution is 1.99. The van der Waals surface area contributed by atoms with Gasteiger partial charge in [-0.3, -0.25) is 10.1 Å². The Morgan fingerprint density at radius 2 is 2.06 bits per heavy atom. The first-order valence-electron chi connectivity index (χ1n) is 5.10. The van der Waals surface area contributed by atoms with Crippen LogP contribution in [0.25, 0.3) is 0 Å². The van der Waals surface area contributed by atoms with Crippen LogP contribution in [0.15, 0.2) is 18.5 Å². The Labute approximate surface area is 98.5 Å². The van der Waals surface area contributed by atoms with Crippen LogP contribution in [0.2, 0.25) is 0 Å². The Hall–Kier alpha value is -2.18. The number of urea groups is 1. The predicted octanol–water partition coefficient (Wildman–Crippen LogP) is 0.805. The van der Waals surface area contributed by atoms with E-state index in [2.05, 4.69) is 15.3 Å². The number of carbonyl (C=O) groups excluding carboxylic acids is 1. The van der Waals surface area contributed by atoms with Gasteiger partial charge < -0.3 is 10.0 Å². The summed E-state index contributed by atoms with van der Waals surface area (Å²) in [7, 11) is 1.58. The fourth-order valence-corrected chi connectivity index (χ4v) is 1.12. The normalized spacial score (nSPS) is 9.71. The van der Waals surface area contributed by atoms with Crippen molar-refractivity contribution in [3.63, 3.8) is 0 Å². The van der Waals surface area contributed by atoms with Crippen LogP contribution < -0.4 is 5.32 Å². The molecule has 1 aromatic heterocycles. The molecular formula is C10H14N4O3. The van der Waals surface area contributed by atoms with E-state index < -0.39 is 5.97 Å². The summed E-state index contributed by atoms with van der Waals surface area (Å²) in [5.41, 5.74) is 0. The maximum absolute atomic E-state index is 11.6. The highest BCUT2D eigenvalue weighted by Gasteiger charge is 2.09. The van der Waals surface area contributed by atoms with E-state index in [1.54, 1.807) is 13.1 Å². The summed E-state index contributed by atoms with van der Waals surface area (Å²) in [6.07, 6.45) is 3.49. The zero-order valence-corrected chi connectivity index (χ0v) is 9.46. The molecule has 0 fully saturated rings. The van der Waals surface area contributed by atoms with E-state index in [1.165, 1.54) is 17.3 Å². The molecule has 2 amide bonds. The molecule has 1 rings (SSSR count). The van der Waals surface area contributed by atoms with Crippen molar-refractivity contribution in [3.8, 4) is 0 Å². The molecule has 0 saturated carbocycles. The number of carboxylic acid groups (broad SMARTS) is 1. The van der Waals surface area contributed by atoms with Gasteiger partial charge >= 0.3 is 12.0 Å². The summed E-state index contributed by atoms with van der Waals surface area (Å²) < 4.78 is 0.